The lowest BCUT2D eigenvalue weighted by molar-refractivity contribution is -0.121. The number of amides is 3. The second kappa shape index (κ2) is 8.31. The quantitative estimate of drug-likeness (QED) is 0.590. The molecule has 31 heavy (non-hydrogen) atoms. The molecule has 0 bridgehead atoms. The molecule has 1 N–H and O–H groups in total. The van der Waals surface area contributed by atoms with Crippen LogP contribution in [-0.4, -0.2) is 40.8 Å². The van der Waals surface area contributed by atoms with E-state index in [1.165, 1.54) is 11.3 Å². The van der Waals surface area contributed by atoms with Crippen molar-refractivity contribution in [2.75, 3.05) is 12.4 Å². The molecule has 2 heterocycles. The summed E-state index contributed by atoms with van der Waals surface area (Å²) in [5.41, 5.74) is 2.19. The minimum Gasteiger partial charge on any atom is -0.497 e. The van der Waals surface area contributed by atoms with E-state index < -0.39 is 23.8 Å². The van der Waals surface area contributed by atoms with Crippen LogP contribution in [-0.2, 0) is 4.79 Å². The maximum Gasteiger partial charge on any atom is 0.262 e. The van der Waals surface area contributed by atoms with Crippen molar-refractivity contribution in [3.05, 3.63) is 65.0 Å². The van der Waals surface area contributed by atoms with E-state index >= 15 is 0 Å². The smallest absolute Gasteiger partial charge is 0.262 e. The average molecular weight is 436 g/mol. The number of ether oxygens (including phenoxy) is 1. The molecule has 1 atom stereocenters. The third-order valence-electron chi connectivity index (χ3n) is 5.10. The number of benzene rings is 2. The number of nitrogens with one attached hydrogen (secondary N) is 1. The fourth-order valence-corrected chi connectivity index (χ4v) is 4.33. The Hall–Kier alpha value is -3.52. The fourth-order valence-electron chi connectivity index (χ4n) is 3.60. The Bertz CT molecular complexity index is 1140. The number of carbonyl (C=O) groups is 3. The molecule has 7 nitrogen and oxygen atoms in total. The van der Waals surface area contributed by atoms with E-state index in [2.05, 4.69) is 10.3 Å². The molecule has 1 aliphatic heterocycles. The third kappa shape index (κ3) is 3.82. The monoisotopic (exact) mass is 435 g/mol. The molecule has 0 saturated heterocycles. The van der Waals surface area contributed by atoms with Crippen molar-refractivity contribution < 1.29 is 19.1 Å². The highest BCUT2D eigenvalue weighted by Crippen LogP contribution is 2.30. The number of methoxy groups -OCH3 is 1. The number of aromatic nitrogens is 1. The molecule has 1 aromatic heterocycles. The summed E-state index contributed by atoms with van der Waals surface area (Å²) in [6.07, 6.45) is 0. The van der Waals surface area contributed by atoms with Crippen LogP contribution in [0.2, 0.25) is 0 Å². The average Bonchev–Trinajstić information content (AvgIpc) is 3.33. The molecule has 8 heteroatoms. The molecule has 3 amide bonds. The maximum atomic E-state index is 13.1. The van der Waals surface area contributed by atoms with Gasteiger partial charge in [-0.1, -0.05) is 38.1 Å². The summed E-state index contributed by atoms with van der Waals surface area (Å²) < 4.78 is 5.25. The van der Waals surface area contributed by atoms with Gasteiger partial charge in [0.2, 0.25) is 5.91 Å². The molecule has 0 fully saturated rings. The zero-order valence-corrected chi connectivity index (χ0v) is 18.1. The molecule has 2 aromatic carbocycles. The van der Waals surface area contributed by atoms with Crippen molar-refractivity contribution >= 4 is 34.2 Å². The Morgan fingerprint density at radius 3 is 2.35 bits per heavy atom. The Balaban J connectivity index is 1.56. The first-order valence-corrected chi connectivity index (χ1v) is 10.7. The zero-order chi connectivity index (χ0) is 22.1. The largest absolute Gasteiger partial charge is 0.497 e. The Morgan fingerprint density at radius 2 is 1.74 bits per heavy atom. The van der Waals surface area contributed by atoms with E-state index in [0.29, 0.717) is 27.7 Å². The minimum absolute atomic E-state index is 0.278. The molecule has 4 rings (SSSR count). The summed E-state index contributed by atoms with van der Waals surface area (Å²) >= 11 is 1.27. The van der Waals surface area contributed by atoms with Gasteiger partial charge in [-0.3, -0.25) is 19.3 Å². The first kappa shape index (κ1) is 20.7. The number of hydrogen-bond acceptors (Lipinski definition) is 6. The van der Waals surface area contributed by atoms with Gasteiger partial charge < -0.3 is 10.1 Å². The third-order valence-corrected chi connectivity index (χ3v) is 5.86. The van der Waals surface area contributed by atoms with Gasteiger partial charge in [0.25, 0.3) is 11.8 Å². The summed E-state index contributed by atoms with van der Waals surface area (Å²) in [5, 5.41) is 5.00. The van der Waals surface area contributed by atoms with Crippen molar-refractivity contribution in [1.29, 1.82) is 0 Å². The number of rotatable bonds is 6. The van der Waals surface area contributed by atoms with Gasteiger partial charge in [0, 0.05) is 10.9 Å². The highest BCUT2D eigenvalue weighted by atomic mass is 32.1. The molecule has 1 unspecified atom stereocenters. The van der Waals surface area contributed by atoms with E-state index in [4.69, 9.17) is 4.74 Å². The van der Waals surface area contributed by atoms with Crippen molar-refractivity contribution in [1.82, 2.24) is 9.88 Å². The van der Waals surface area contributed by atoms with Gasteiger partial charge in [-0.2, -0.15) is 0 Å². The minimum atomic E-state index is -0.948. The van der Waals surface area contributed by atoms with Gasteiger partial charge in [0.1, 0.15) is 11.8 Å². The molecule has 3 aromatic rings. The number of fused-ring (bicyclic) bond motifs is 1. The lowest BCUT2D eigenvalue weighted by Crippen LogP contribution is -2.50. The van der Waals surface area contributed by atoms with Gasteiger partial charge in [-0.25, -0.2) is 4.98 Å². The number of hydrogen-bond donors (Lipinski definition) is 1. The summed E-state index contributed by atoms with van der Waals surface area (Å²) in [6.45, 7) is 3.61. The van der Waals surface area contributed by atoms with E-state index in [9.17, 15) is 14.4 Å². The lowest BCUT2D eigenvalue weighted by Gasteiger charge is -2.27. The highest BCUT2D eigenvalue weighted by Gasteiger charge is 2.44. The van der Waals surface area contributed by atoms with Crippen LogP contribution in [0, 0.1) is 5.92 Å². The molecule has 158 valence electrons. The highest BCUT2D eigenvalue weighted by molar-refractivity contribution is 7.14. The van der Waals surface area contributed by atoms with Gasteiger partial charge in [-0.15, -0.1) is 11.3 Å². The normalized spacial score (nSPS) is 14.0. The Kier molecular flexibility index (Phi) is 5.56. The van der Waals surface area contributed by atoms with Crippen LogP contribution in [0.15, 0.2) is 53.9 Å². The molecular weight excluding hydrogens is 414 g/mol. The van der Waals surface area contributed by atoms with Crippen LogP contribution >= 0.6 is 11.3 Å². The zero-order valence-electron chi connectivity index (χ0n) is 17.3. The number of nitrogens with zero attached hydrogens (tertiary/aromatic N) is 2. The lowest BCUT2D eigenvalue weighted by atomic mass is 10.0. The summed E-state index contributed by atoms with van der Waals surface area (Å²) in [6, 6.07) is 13.1. The fraction of sp³-hybridized carbons (Fsp3) is 0.217. The van der Waals surface area contributed by atoms with Crippen molar-refractivity contribution in [2.24, 2.45) is 5.92 Å². The maximum absolute atomic E-state index is 13.1. The van der Waals surface area contributed by atoms with Crippen LogP contribution in [0.5, 0.6) is 5.75 Å². The predicted octanol–water partition coefficient (Wildman–Crippen LogP) is 4.08. The Labute approximate surface area is 183 Å². The number of thiazole rings is 1. The molecule has 1 aliphatic rings. The van der Waals surface area contributed by atoms with Crippen LogP contribution < -0.4 is 10.1 Å². The second-order valence-corrected chi connectivity index (χ2v) is 8.33. The number of carbonyl (C=O) groups excluding carboxylic acids is 3. The van der Waals surface area contributed by atoms with E-state index in [1.54, 1.807) is 45.2 Å². The van der Waals surface area contributed by atoms with Crippen molar-refractivity contribution in [2.45, 2.75) is 19.9 Å². The topological polar surface area (TPSA) is 88.6 Å². The van der Waals surface area contributed by atoms with Crippen molar-refractivity contribution in [3.8, 4) is 17.0 Å². The standard InChI is InChI=1S/C23H21N3O4S/c1-13(2)19(26-21(28)16-9-4-5-10-17(16)22(26)29)20(27)25-23-24-18(12-31-23)14-7-6-8-15(11-14)30-3/h4-13,19H,1-3H3,(H,24,25,27). The van der Waals surface area contributed by atoms with Crippen LogP contribution in [0.1, 0.15) is 34.6 Å². The van der Waals surface area contributed by atoms with E-state index in [0.717, 1.165) is 10.5 Å². The van der Waals surface area contributed by atoms with Crippen LogP contribution in [0.25, 0.3) is 11.3 Å². The SMILES string of the molecule is COc1cccc(-c2csc(NC(=O)C(C(C)C)N3C(=O)c4ccccc4C3=O)n2)c1. The van der Waals surface area contributed by atoms with E-state index in [-0.39, 0.29) is 5.92 Å². The van der Waals surface area contributed by atoms with Gasteiger partial charge >= 0.3 is 0 Å². The molecule has 0 aliphatic carbocycles. The van der Waals surface area contributed by atoms with Crippen LogP contribution in [0.3, 0.4) is 0 Å². The first-order chi connectivity index (χ1) is 14.9. The summed E-state index contributed by atoms with van der Waals surface area (Å²) in [5.74, 6) is -0.922. The molecule has 0 spiro atoms. The molecule has 0 radical (unpaired) electrons. The van der Waals surface area contributed by atoms with Crippen LogP contribution in [0.4, 0.5) is 5.13 Å². The molecular formula is C23H21N3O4S. The first-order valence-electron chi connectivity index (χ1n) is 9.78. The summed E-state index contributed by atoms with van der Waals surface area (Å²) in [4.78, 5) is 44.4. The number of imide groups is 1. The van der Waals surface area contributed by atoms with Crippen molar-refractivity contribution in [3.63, 3.8) is 0 Å². The Morgan fingerprint density at radius 1 is 1.06 bits per heavy atom. The van der Waals surface area contributed by atoms with Gasteiger partial charge in [0.05, 0.1) is 23.9 Å². The van der Waals surface area contributed by atoms with E-state index in [1.807, 2.05) is 29.6 Å². The second-order valence-electron chi connectivity index (χ2n) is 7.47. The van der Waals surface area contributed by atoms with Gasteiger partial charge in [0.15, 0.2) is 5.13 Å². The van der Waals surface area contributed by atoms with Gasteiger partial charge in [-0.05, 0) is 30.2 Å². The molecule has 0 saturated carbocycles. The predicted molar refractivity (Wildman–Crippen MR) is 118 cm³/mol. The summed E-state index contributed by atoms with van der Waals surface area (Å²) in [7, 11) is 1.59. The number of anilines is 1.